The van der Waals surface area contributed by atoms with E-state index < -0.39 is 12.6 Å². The largest absolute Gasteiger partial charge is 0.490 e. The Hall–Kier alpha value is -3.37. The second kappa shape index (κ2) is 12.8. The van der Waals surface area contributed by atoms with E-state index in [9.17, 15) is 4.79 Å². The van der Waals surface area contributed by atoms with Gasteiger partial charge in [0.1, 0.15) is 19.0 Å². The summed E-state index contributed by atoms with van der Waals surface area (Å²) >= 11 is 0. The first kappa shape index (κ1) is 25.3. The molecule has 0 heterocycles. The van der Waals surface area contributed by atoms with Crippen LogP contribution in [0.25, 0.3) is 22.3 Å². The van der Waals surface area contributed by atoms with E-state index in [1.807, 2.05) is 24.3 Å². The first-order valence-electron chi connectivity index (χ1n) is 11.9. The average molecular weight is 459 g/mol. The van der Waals surface area contributed by atoms with Crippen LogP contribution in [-0.2, 0) is 16.0 Å². The van der Waals surface area contributed by atoms with Gasteiger partial charge in [-0.2, -0.15) is 0 Å². The highest BCUT2D eigenvalue weighted by molar-refractivity contribution is 5.87. The molecule has 3 aromatic carbocycles. The van der Waals surface area contributed by atoms with Crippen LogP contribution in [-0.4, -0.2) is 30.9 Å². The van der Waals surface area contributed by atoms with Crippen LogP contribution in [0.3, 0.4) is 0 Å². The standard InChI is InChI=1S/C30H34O4/c1-4-5-6-7-24-8-10-25(11-9-24)27-14-17-29(22(2)20-27)26-12-15-28(16-13-26)33-18-19-34-30(32)23(3)21-31/h8-17,20,31H,3-7,18-19,21H2,1-2H3. The first-order chi connectivity index (χ1) is 16.5. The molecule has 34 heavy (non-hydrogen) atoms. The van der Waals surface area contributed by atoms with Crippen molar-refractivity contribution >= 4 is 5.97 Å². The van der Waals surface area contributed by atoms with Gasteiger partial charge in [0.15, 0.2) is 0 Å². The Labute approximate surface area is 202 Å². The second-order valence-corrected chi connectivity index (χ2v) is 8.45. The number of hydrogen-bond donors (Lipinski definition) is 1. The summed E-state index contributed by atoms with van der Waals surface area (Å²) in [6.07, 6.45) is 4.94. The van der Waals surface area contributed by atoms with Crippen LogP contribution in [0.5, 0.6) is 5.75 Å². The molecule has 0 radical (unpaired) electrons. The number of carbonyl (C=O) groups excluding carboxylic acids is 1. The minimum absolute atomic E-state index is 0.0326. The lowest BCUT2D eigenvalue weighted by Crippen LogP contribution is -2.14. The zero-order valence-corrected chi connectivity index (χ0v) is 20.2. The van der Waals surface area contributed by atoms with E-state index in [-0.39, 0.29) is 18.8 Å². The number of hydrogen-bond acceptors (Lipinski definition) is 4. The molecule has 0 atom stereocenters. The van der Waals surface area contributed by atoms with Gasteiger partial charge in [-0.3, -0.25) is 0 Å². The number of carbonyl (C=O) groups is 1. The average Bonchev–Trinajstić information content (AvgIpc) is 2.87. The monoisotopic (exact) mass is 458 g/mol. The molecule has 4 nitrogen and oxygen atoms in total. The quantitative estimate of drug-likeness (QED) is 0.190. The molecule has 3 rings (SSSR count). The Morgan fingerprint density at radius 1 is 0.882 bits per heavy atom. The lowest BCUT2D eigenvalue weighted by molar-refractivity contribution is -0.140. The molecule has 0 aliphatic carbocycles. The second-order valence-electron chi connectivity index (χ2n) is 8.45. The Balaban J connectivity index is 1.58. The van der Waals surface area contributed by atoms with E-state index in [0.29, 0.717) is 5.75 Å². The summed E-state index contributed by atoms with van der Waals surface area (Å²) in [5.74, 6) is 0.0948. The predicted octanol–water partition coefficient (Wildman–Crippen LogP) is 6.53. The highest BCUT2D eigenvalue weighted by Crippen LogP contribution is 2.30. The van der Waals surface area contributed by atoms with E-state index in [4.69, 9.17) is 14.6 Å². The predicted molar refractivity (Wildman–Crippen MR) is 138 cm³/mol. The highest BCUT2D eigenvalue weighted by Gasteiger charge is 2.08. The molecule has 0 aromatic heterocycles. The fourth-order valence-electron chi connectivity index (χ4n) is 3.80. The van der Waals surface area contributed by atoms with Gasteiger partial charge in [-0.1, -0.05) is 80.9 Å². The Morgan fingerprint density at radius 3 is 2.21 bits per heavy atom. The number of aliphatic hydroxyl groups excluding tert-OH is 1. The van der Waals surface area contributed by atoms with Gasteiger partial charge >= 0.3 is 5.97 Å². The van der Waals surface area contributed by atoms with Crippen molar-refractivity contribution in [3.63, 3.8) is 0 Å². The summed E-state index contributed by atoms with van der Waals surface area (Å²) in [6.45, 7) is 7.72. The van der Waals surface area contributed by atoms with Crippen molar-refractivity contribution in [2.75, 3.05) is 19.8 Å². The van der Waals surface area contributed by atoms with Crippen LogP contribution in [0.4, 0.5) is 0 Å². The molecule has 0 saturated heterocycles. The molecule has 0 spiro atoms. The van der Waals surface area contributed by atoms with E-state index >= 15 is 0 Å². The molecular formula is C30H34O4. The van der Waals surface area contributed by atoms with Gasteiger partial charge in [0.05, 0.1) is 12.2 Å². The van der Waals surface area contributed by atoms with Crippen molar-refractivity contribution < 1.29 is 19.4 Å². The lowest BCUT2D eigenvalue weighted by Gasteiger charge is -2.11. The Bertz CT molecular complexity index is 1080. The molecule has 0 bridgehead atoms. The van der Waals surface area contributed by atoms with Crippen molar-refractivity contribution in [2.45, 2.75) is 39.5 Å². The maximum Gasteiger partial charge on any atom is 0.335 e. The molecule has 1 N–H and O–H groups in total. The summed E-state index contributed by atoms with van der Waals surface area (Å²) in [6, 6.07) is 23.4. The smallest absolute Gasteiger partial charge is 0.335 e. The maximum atomic E-state index is 11.5. The number of aryl methyl sites for hydroxylation is 2. The minimum Gasteiger partial charge on any atom is -0.490 e. The normalized spacial score (nSPS) is 10.7. The molecule has 0 aliphatic heterocycles. The maximum absolute atomic E-state index is 11.5. The number of aliphatic hydroxyl groups is 1. The summed E-state index contributed by atoms with van der Waals surface area (Å²) in [5, 5.41) is 8.86. The van der Waals surface area contributed by atoms with Crippen molar-refractivity contribution in [1.29, 1.82) is 0 Å². The number of benzene rings is 3. The van der Waals surface area contributed by atoms with Gasteiger partial charge in [-0.05, 0) is 65.3 Å². The molecule has 0 aliphatic rings. The van der Waals surface area contributed by atoms with E-state index in [2.05, 4.69) is 62.9 Å². The number of ether oxygens (including phenoxy) is 2. The van der Waals surface area contributed by atoms with Crippen LogP contribution in [0.2, 0.25) is 0 Å². The lowest BCUT2D eigenvalue weighted by atomic mass is 9.95. The van der Waals surface area contributed by atoms with Crippen LogP contribution >= 0.6 is 0 Å². The van der Waals surface area contributed by atoms with Crippen molar-refractivity contribution in [3.05, 3.63) is 90.0 Å². The fraction of sp³-hybridized carbons (Fsp3) is 0.300. The summed E-state index contributed by atoms with van der Waals surface area (Å²) < 4.78 is 10.6. The molecule has 4 heteroatoms. The molecule has 0 unspecified atom stereocenters. The van der Waals surface area contributed by atoms with Gasteiger partial charge in [0.2, 0.25) is 0 Å². The Kier molecular flexibility index (Phi) is 9.48. The molecular weight excluding hydrogens is 424 g/mol. The van der Waals surface area contributed by atoms with Crippen molar-refractivity contribution in [1.82, 2.24) is 0 Å². The molecule has 0 saturated carbocycles. The summed E-state index contributed by atoms with van der Waals surface area (Å²) in [7, 11) is 0. The first-order valence-corrected chi connectivity index (χ1v) is 11.9. The van der Waals surface area contributed by atoms with Gasteiger partial charge in [-0.25, -0.2) is 4.79 Å². The SMILES string of the molecule is C=C(CO)C(=O)OCCOc1ccc(-c2ccc(-c3ccc(CCCCC)cc3)cc2C)cc1. The van der Waals surface area contributed by atoms with E-state index in [0.717, 1.165) is 12.0 Å². The zero-order valence-electron chi connectivity index (χ0n) is 20.2. The van der Waals surface area contributed by atoms with Crippen LogP contribution in [0.1, 0.15) is 37.3 Å². The molecule has 3 aromatic rings. The fourth-order valence-corrected chi connectivity index (χ4v) is 3.80. The minimum atomic E-state index is -0.608. The van der Waals surface area contributed by atoms with Crippen molar-refractivity contribution in [3.8, 4) is 28.0 Å². The molecule has 178 valence electrons. The number of unbranched alkanes of at least 4 members (excludes halogenated alkanes) is 2. The van der Waals surface area contributed by atoms with Gasteiger partial charge in [0.25, 0.3) is 0 Å². The van der Waals surface area contributed by atoms with Gasteiger partial charge < -0.3 is 14.6 Å². The third-order valence-corrected chi connectivity index (χ3v) is 5.81. The Morgan fingerprint density at radius 2 is 1.56 bits per heavy atom. The highest BCUT2D eigenvalue weighted by atomic mass is 16.6. The van der Waals surface area contributed by atoms with E-state index in [1.165, 1.54) is 47.1 Å². The van der Waals surface area contributed by atoms with Gasteiger partial charge in [0, 0.05) is 0 Å². The summed E-state index contributed by atoms with van der Waals surface area (Å²) in [5.41, 5.74) is 7.41. The van der Waals surface area contributed by atoms with Crippen LogP contribution in [0, 0.1) is 6.92 Å². The third-order valence-electron chi connectivity index (χ3n) is 5.81. The topological polar surface area (TPSA) is 55.8 Å². The number of esters is 1. The molecule has 0 fully saturated rings. The molecule has 0 amide bonds. The zero-order chi connectivity index (χ0) is 24.3. The van der Waals surface area contributed by atoms with E-state index in [1.54, 1.807) is 0 Å². The van der Waals surface area contributed by atoms with Crippen molar-refractivity contribution in [2.24, 2.45) is 0 Å². The summed E-state index contributed by atoms with van der Waals surface area (Å²) in [4.78, 5) is 11.5. The van der Waals surface area contributed by atoms with Crippen LogP contribution < -0.4 is 4.74 Å². The van der Waals surface area contributed by atoms with Gasteiger partial charge in [-0.15, -0.1) is 0 Å². The van der Waals surface area contributed by atoms with Crippen LogP contribution in [0.15, 0.2) is 78.9 Å². The third kappa shape index (κ3) is 7.06. The number of rotatable bonds is 12.